The molecule has 0 aromatic heterocycles. The molecule has 0 bridgehead atoms. The Labute approximate surface area is 113 Å². The Balaban J connectivity index is 2.68. The number of rotatable bonds is 5. The van der Waals surface area contributed by atoms with Gasteiger partial charge in [0.2, 0.25) is 0 Å². The van der Waals surface area contributed by atoms with Crippen LogP contribution in [0, 0.1) is 6.92 Å². The summed E-state index contributed by atoms with van der Waals surface area (Å²) < 4.78 is 10.8. The molecule has 0 spiro atoms. The minimum atomic E-state index is -1.10. The number of hydrogen-bond donors (Lipinski definition) is 3. The number of amides is 2. The van der Waals surface area contributed by atoms with Crippen molar-refractivity contribution in [2.24, 2.45) is 0 Å². The Morgan fingerprint density at radius 3 is 2.63 bits per heavy atom. The molecule has 7 heteroatoms. The number of carbonyl (C=O) groups excluding carboxylic acids is 1. The molecule has 19 heavy (non-hydrogen) atoms. The predicted octanol–water partition coefficient (Wildman–Crippen LogP) is 1.19. The summed E-state index contributed by atoms with van der Waals surface area (Å²) >= 11 is 0. The molecule has 0 aliphatic heterocycles. The Kier molecular flexibility index (Phi) is 5.50. The first-order valence-corrected chi connectivity index (χ1v) is 7.31. The second-order valence-electron chi connectivity index (χ2n) is 4.01. The van der Waals surface area contributed by atoms with E-state index in [-0.39, 0.29) is 17.8 Å². The number of benzene rings is 1. The van der Waals surface area contributed by atoms with Gasteiger partial charge in [-0.3, -0.25) is 4.21 Å². The minimum Gasteiger partial charge on any atom is -0.478 e. The van der Waals surface area contributed by atoms with Gasteiger partial charge in [-0.1, -0.05) is 11.6 Å². The average molecular weight is 284 g/mol. The molecule has 0 radical (unpaired) electrons. The number of carboxylic acid groups (broad SMARTS) is 1. The van der Waals surface area contributed by atoms with Crippen LogP contribution in [0.5, 0.6) is 0 Å². The topological polar surface area (TPSA) is 95.5 Å². The maximum absolute atomic E-state index is 11.5. The van der Waals surface area contributed by atoms with Crippen molar-refractivity contribution in [3.63, 3.8) is 0 Å². The highest BCUT2D eigenvalue weighted by atomic mass is 32.2. The molecule has 1 atom stereocenters. The summed E-state index contributed by atoms with van der Waals surface area (Å²) in [4.78, 5) is 22.6. The molecule has 3 N–H and O–H groups in total. The maximum atomic E-state index is 11.5. The van der Waals surface area contributed by atoms with E-state index >= 15 is 0 Å². The first kappa shape index (κ1) is 15.2. The lowest BCUT2D eigenvalue weighted by molar-refractivity contribution is 0.0698. The van der Waals surface area contributed by atoms with E-state index in [0.717, 1.165) is 5.56 Å². The van der Waals surface area contributed by atoms with Gasteiger partial charge in [0.15, 0.2) is 0 Å². The van der Waals surface area contributed by atoms with E-state index in [1.54, 1.807) is 19.2 Å². The molecule has 0 aliphatic carbocycles. The number of nitrogens with one attached hydrogen (secondary N) is 2. The van der Waals surface area contributed by atoms with Crippen LogP contribution in [0.4, 0.5) is 10.5 Å². The molecular weight excluding hydrogens is 268 g/mol. The summed E-state index contributed by atoms with van der Waals surface area (Å²) in [7, 11) is -0.980. The predicted molar refractivity (Wildman–Crippen MR) is 74.1 cm³/mol. The Hall–Kier alpha value is -1.89. The van der Waals surface area contributed by atoms with Gasteiger partial charge >= 0.3 is 12.0 Å². The fourth-order valence-electron chi connectivity index (χ4n) is 1.42. The lowest BCUT2D eigenvalue weighted by Gasteiger charge is -2.10. The van der Waals surface area contributed by atoms with Crippen LogP contribution in [0.1, 0.15) is 15.9 Å². The second-order valence-corrected chi connectivity index (χ2v) is 5.57. The summed E-state index contributed by atoms with van der Waals surface area (Å²) in [6.07, 6.45) is 1.54. The van der Waals surface area contributed by atoms with E-state index in [2.05, 4.69) is 10.6 Å². The average Bonchev–Trinajstić information content (AvgIpc) is 2.30. The van der Waals surface area contributed by atoms with Gasteiger partial charge in [0.05, 0.1) is 11.3 Å². The van der Waals surface area contributed by atoms with E-state index in [0.29, 0.717) is 5.75 Å². The normalized spacial score (nSPS) is 11.7. The zero-order valence-electron chi connectivity index (χ0n) is 10.7. The smallest absolute Gasteiger partial charge is 0.337 e. The van der Waals surface area contributed by atoms with Crippen molar-refractivity contribution in [2.45, 2.75) is 6.92 Å². The van der Waals surface area contributed by atoms with Crippen LogP contribution < -0.4 is 10.6 Å². The molecule has 0 saturated heterocycles. The molecule has 1 aromatic carbocycles. The number of urea groups is 1. The van der Waals surface area contributed by atoms with Crippen LogP contribution in [-0.2, 0) is 10.8 Å². The van der Waals surface area contributed by atoms with Crippen molar-refractivity contribution in [1.82, 2.24) is 5.32 Å². The third kappa shape index (κ3) is 5.09. The number of hydrogen-bond acceptors (Lipinski definition) is 3. The van der Waals surface area contributed by atoms with Gasteiger partial charge in [-0.05, 0) is 19.1 Å². The third-order valence-corrected chi connectivity index (χ3v) is 3.11. The summed E-state index contributed by atoms with van der Waals surface area (Å²) in [5.41, 5.74) is 1.06. The standard InChI is InChI=1S/C12H16N2O4S/c1-8-3-4-10(9(7-8)11(15)16)14-12(17)13-5-6-19(2)18/h3-4,7H,5-6H2,1-2H3,(H,15,16)(H2,13,14,17). The van der Waals surface area contributed by atoms with Crippen LogP contribution in [0.2, 0.25) is 0 Å². The van der Waals surface area contributed by atoms with Gasteiger partial charge in [0.25, 0.3) is 0 Å². The van der Waals surface area contributed by atoms with Gasteiger partial charge in [0.1, 0.15) is 0 Å². The van der Waals surface area contributed by atoms with Gasteiger partial charge in [-0.25, -0.2) is 9.59 Å². The number of aryl methyl sites for hydroxylation is 1. The van der Waals surface area contributed by atoms with Crippen LogP contribution in [0.3, 0.4) is 0 Å². The molecule has 104 valence electrons. The van der Waals surface area contributed by atoms with Crippen molar-refractivity contribution in [3.8, 4) is 0 Å². The van der Waals surface area contributed by atoms with Crippen molar-refractivity contribution in [1.29, 1.82) is 0 Å². The summed E-state index contributed by atoms with van der Waals surface area (Å²) in [6, 6.07) is 4.22. The van der Waals surface area contributed by atoms with Gasteiger partial charge in [-0.2, -0.15) is 0 Å². The minimum absolute atomic E-state index is 0.0363. The van der Waals surface area contributed by atoms with Gasteiger partial charge in [0, 0.05) is 29.4 Å². The highest BCUT2D eigenvalue weighted by Crippen LogP contribution is 2.17. The largest absolute Gasteiger partial charge is 0.478 e. The molecule has 0 aliphatic rings. The first-order valence-electron chi connectivity index (χ1n) is 5.59. The summed E-state index contributed by atoms with van der Waals surface area (Å²) in [6.45, 7) is 2.04. The van der Waals surface area contributed by atoms with E-state index in [1.165, 1.54) is 12.1 Å². The van der Waals surface area contributed by atoms with E-state index in [1.807, 2.05) is 0 Å². The monoisotopic (exact) mass is 284 g/mol. The van der Waals surface area contributed by atoms with Crippen LogP contribution in [0.15, 0.2) is 18.2 Å². The maximum Gasteiger partial charge on any atom is 0.337 e. The lowest BCUT2D eigenvalue weighted by atomic mass is 10.1. The molecule has 2 amide bonds. The Bertz CT molecular complexity index is 516. The van der Waals surface area contributed by atoms with Gasteiger partial charge in [-0.15, -0.1) is 0 Å². The molecule has 0 heterocycles. The fraction of sp³-hybridized carbons (Fsp3) is 0.333. The van der Waals surface area contributed by atoms with Crippen LogP contribution in [-0.4, -0.2) is 39.9 Å². The number of aromatic carboxylic acids is 1. The number of anilines is 1. The molecular formula is C12H16N2O4S. The lowest BCUT2D eigenvalue weighted by Crippen LogP contribution is -2.32. The van der Waals surface area contributed by atoms with Crippen molar-refractivity contribution >= 4 is 28.5 Å². The zero-order chi connectivity index (χ0) is 14.4. The molecule has 6 nitrogen and oxygen atoms in total. The summed E-state index contributed by atoms with van der Waals surface area (Å²) in [5.74, 6) is -0.749. The first-order chi connectivity index (χ1) is 8.90. The second kappa shape index (κ2) is 6.89. The van der Waals surface area contributed by atoms with Crippen molar-refractivity contribution in [3.05, 3.63) is 29.3 Å². The SMILES string of the molecule is Cc1ccc(NC(=O)NCCS(C)=O)c(C(=O)O)c1. The number of carbonyl (C=O) groups is 2. The molecule has 1 rings (SSSR count). The van der Waals surface area contributed by atoms with Crippen LogP contribution >= 0.6 is 0 Å². The Morgan fingerprint density at radius 1 is 1.37 bits per heavy atom. The quantitative estimate of drug-likeness (QED) is 0.757. The fourth-order valence-corrected chi connectivity index (χ4v) is 1.81. The highest BCUT2D eigenvalue weighted by molar-refractivity contribution is 7.84. The molecule has 1 unspecified atom stereocenters. The summed E-state index contributed by atoms with van der Waals surface area (Å²) in [5, 5.41) is 14.0. The van der Waals surface area contributed by atoms with E-state index < -0.39 is 22.8 Å². The van der Waals surface area contributed by atoms with Crippen molar-refractivity contribution < 1.29 is 18.9 Å². The molecule has 0 saturated carbocycles. The zero-order valence-corrected chi connectivity index (χ0v) is 11.5. The van der Waals surface area contributed by atoms with Crippen LogP contribution in [0.25, 0.3) is 0 Å². The third-order valence-electron chi connectivity index (χ3n) is 2.33. The number of carboxylic acids is 1. The highest BCUT2D eigenvalue weighted by Gasteiger charge is 2.12. The van der Waals surface area contributed by atoms with E-state index in [9.17, 15) is 13.8 Å². The van der Waals surface area contributed by atoms with E-state index in [4.69, 9.17) is 5.11 Å². The molecule has 0 fully saturated rings. The Morgan fingerprint density at radius 2 is 2.05 bits per heavy atom. The van der Waals surface area contributed by atoms with Crippen molar-refractivity contribution in [2.75, 3.05) is 23.9 Å². The molecule has 1 aromatic rings. The van der Waals surface area contributed by atoms with Gasteiger partial charge < -0.3 is 15.7 Å².